The maximum Gasteiger partial charge on any atom is 0.241 e. The van der Waals surface area contributed by atoms with E-state index < -0.39 is 0 Å². The molecule has 1 saturated carbocycles. The van der Waals surface area contributed by atoms with Crippen molar-refractivity contribution in [3.8, 4) is 0 Å². The van der Waals surface area contributed by atoms with Crippen molar-refractivity contribution >= 4 is 35.0 Å². The van der Waals surface area contributed by atoms with E-state index in [2.05, 4.69) is 10.9 Å². The van der Waals surface area contributed by atoms with Crippen molar-refractivity contribution in [3.05, 3.63) is 33.8 Å². The minimum absolute atomic E-state index is 0.0750. The number of aryl methyl sites for hydroxylation is 1. The number of carbonyl (C=O) groups excluding carboxylic acids is 2. The number of hydrazine groups is 1. The number of halogens is 2. The summed E-state index contributed by atoms with van der Waals surface area (Å²) in [7, 11) is 0. The largest absolute Gasteiger partial charge is 0.273 e. The summed E-state index contributed by atoms with van der Waals surface area (Å²) in [4.78, 5) is 22.9. The lowest BCUT2D eigenvalue weighted by Gasteiger charge is -2.07. The molecule has 0 spiro atoms. The molecule has 1 aliphatic carbocycles. The second-order valence-corrected chi connectivity index (χ2v) is 5.39. The number of hydrogen-bond donors (Lipinski definition) is 2. The average molecular weight is 301 g/mol. The van der Waals surface area contributed by atoms with Gasteiger partial charge in [-0.1, -0.05) is 29.3 Å². The van der Waals surface area contributed by atoms with Gasteiger partial charge in [-0.05, 0) is 37.0 Å². The summed E-state index contributed by atoms with van der Waals surface area (Å²) >= 11 is 11.8. The molecular formula is C13H14Cl2N2O2. The Kier molecular flexibility index (Phi) is 4.66. The Balaban J connectivity index is 1.74. The summed E-state index contributed by atoms with van der Waals surface area (Å²) in [5.74, 6) is -0.274. The predicted octanol–water partition coefficient (Wildman–Crippen LogP) is 2.48. The smallest absolute Gasteiger partial charge is 0.241 e. The van der Waals surface area contributed by atoms with Crippen LogP contribution in [0.1, 0.15) is 24.8 Å². The van der Waals surface area contributed by atoms with Gasteiger partial charge in [0.15, 0.2) is 0 Å². The van der Waals surface area contributed by atoms with Crippen LogP contribution in [0.5, 0.6) is 0 Å². The highest BCUT2D eigenvalue weighted by atomic mass is 35.5. The summed E-state index contributed by atoms with van der Waals surface area (Å²) in [6.45, 7) is 0. The Labute approximate surface area is 121 Å². The van der Waals surface area contributed by atoms with Crippen molar-refractivity contribution in [2.75, 3.05) is 0 Å². The van der Waals surface area contributed by atoms with E-state index in [-0.39, 0.29) is 24.2 Å². The molecule has 0 atom stereocenters. The first-order chi connectivity index (χ1) is 9.06. The molecule has 0 aliphatic heterocycles. The third-order valence-electron chi connectivity index (χ3n) is 2.91. The zero-order chi connectivity index (χ0) is 13.8. The molecule has 2 N–H and O–H groups in total. The van der Waals surface area contributed by atoms with Crippen molar-refractivity contribution in [1.29, 1.82) is 0 Å². The lowest BCUT2D eigenvalue weighted by Crippen LogP contribution is -2.42. The van der Waals surface area contributed by atoms with Crippen LogP contribution in [-0.4, -0.2) is 11.8 Å². The van der Waals surface area contributed by atoms with E-state index in [1.807, 2.05) is 0 Å². The molecule has 1 aromatic rings. The Hall–Kier alpha value is -1.26. The Morgan fingerprint density at radius 1 is 1.21 bits per heavy atom. The van der Waals surface area contributed by atoms with Gasteiger partial charge in [0.05, 0.1) is 0 Å². The molecule has 0 radical (unpaired) electrons. The third-order valence-corrected chi connectivity index (χ3v) is 3.50. The van der Waals surface area contributed by atoms with Gasteiger partial charge in [-0.25, -0.2) is 0 Å². The fourth-order valence-electron chi connectivity index (χ4n) is 1.61. The molecule has 2 amide bonds. The molecule has 4 nitrogen and oxygen atoms in total. The van der Waals surface area contributed by atoms with Crippen molar-refractivity contribution in [2.24, 2.45) is 5.92 Å². The van der Waals surface area contributed by atoms with E-state index in [9.17, 15) is 9.59 Å². The minimum atomic E-state index is -0.236. The molecule has 0 bridgehead atoms. The van der Waals surface area contributed by atoms with Gasteiger partial charge in [-0.2, -0.15) is 0 Å². The highest BCUT2D eigenvalue weighted by molar-refractivity contribution is 6.35. The maximum absolute atomic E-state index is 11.5. The van der Waals surface area contributed by atoms with Crippen LogP contribution in [0.2, 0.25) is 10.0 Å². The third kappa shape index (κ3) is 4.40. The quantitative estimate of drug-likeness (QED) is 0.839. The number of benzene rings is 1. The molecular weight excluding hydrogens is 287 g/mol. The van der Waals surface area contributed by atoms with E-state index >= 15 is 0 Å². The van der Waals surface area contributed by atoms with E-state index in [4.69, 9.17) is 23.2 Å². The summed E-state index contributed by atoms with van der Waals surface area (Å²) in [5, 5.41) is 1.11. The molecule has 1 aliphatic rings. The maximum atomic E-state index is 11.5. The average Bonchev–Trinajstić information content (AvgIpc) is 3.19. The number of nitrogens with one attached hydrogen (secondary N) is 2. The molecule has 19 heavy (non-hydrogen) atoms. The molecule has 6 heteroatoms. The summed E-state index contributed by atoms with van der Waals surface area (Å²) in [5.41, 5.74) is 5.67. The van der Waals surface area contributed by atoms with Crippen molar-refractivity contribution in [2.45, 2.75) is 25.7 Å². The van der Waals surface area contributed by atoms with Crippen LogP contribution in [0.3, 0.4) is 0 Å². The standard InChI is InChI=1S/C13H14Cl2N2O2/c14-10-5-3-8(11(15)7-10)4-6-12(18)16-17-13(19)9-1-2-9/h3,5,7,9H,1-2,4,6H2,(H,16,18)(H,17,19). The van der Waals surface area contributed by atoms with Crippen molar-refractivity contribution in [3.63, 3.8) is 0 Å². The Bertz CT molecular complexity index is 501. The molecule has 0 unspecified atom stereocenters. The van der Waals surface area contributed by atoms with E-state index in [0.717, 1.165) is 18.4 Å². The summed E-state index contributed by atoms with van der Waals surface area (Å²) in [6.07, 6.45) is 2.57. The number of amides is 2. The van der Waals surface area contributed by atoms with Gasteiger partial charge in [0.25, 0.3) is 0 Å². The second-order valence-electron chi connectivity index (χ2n) is 4.55. The van der Waals surface area contributed by atoms with Crippen molar-refractivity contribution < 1.29 is 9.59 Å². The van der Waals surface area contributed by atoms with Gasteiger partial charge in [-0.15, -0.1) is 0 Å². The van der Waals surface area contributed by atoms with Gasteiger partial charge in [0.2, 0.25) is 11.8 Å². The molecule has 0 saturated heterocycles. The van der Waals surface area contributed by atoms with Crippen LogP contribution in [0.4, 0.5) is 0 Å². The highest BCUT2D eigenvalue weighted by Crippen LogP contribution is 2.28. The zero-order valence-corrected chi connectivity index (χ0v) is 11.7. The van der Waals surface area contributed by atoms with Crippen LogP contribution in [-0.2, 0) is 16.0 Å². The van der Waals surface area contributed by atoms with Gasteiger partial charge in [0.1, 0.15) is 0 Å². The van der Waals surface area contributed by atoms with E-state index in [1.165, 1.54) is 0 Å². The molecule has 0 heterocycles. The summed E-state index contributed by atoms with van der Waals surface area (Å²) < 4.78 is 0. The van der Waals surface area contributed by atoms with E-state index in [1.54, 1.807) is 18.2 Å². The number of hydrogen-bond acceptors (Lipinski definition) is 2. The van der Waals surface area contributed by atoms with Gasteiger partial charge in [-0.3, -0.25) is 20.4 Å². The van der Waals surface area contributed by atoms with Gasteiger partial charge >= 0.3 is 0 Å². The van der Waals surface area contributed by atoms with E-state index in [0.29, 0.717) is 16.5 Å². The Morgan fingerprint density at radius 2 is 1.95 bits per heavy atom. The number of rotatable bonds is 4. The Morgan fingerprint density at radius 3 is 2.58 bits per heavy atom. The topological polar surface area (TPSA) is 58.2 Å². The SMILES string of the molecule is O=C(CCc1ccc(Cl)cc1Cl)NNC(=O)C1CC1. The molecule has 1 aromatic carbocycles. The second kappa shape index (κ2) is 6.26. The van der Waals surface area contributed by atoms with Crippen LogP contribution in [0.25, 0.3) is 0 Å². The lowest BCUT2D eigenvalue weighted by molar-refractivity contribution is -0.129. The molecule has 1 fully saturated rings. The fourth-order valence-corrected chi connectivity index (χ4v) is 2.12. The van der Waals surface area contributed by atoms with Gasteiger partial charge < -0.3 is 0 Å². The van der Waals surface area contributed by atoms with Crippen molar-refractivity contribution in [1.82, 2.24) is 10.9 Å². The first-order valence-corrected chi connectivity index (χ1v) is 6.84. The normalized spacial score (nSPS) is 14.0. The first kappa shape index (κ1) is 14.2. The molecule has 2 rings (SSSR count). The van der Waals surface area contributed by atoms with Crippen LogP contribution in [0.15, 0.2) is 18.2 Å². The zero-order valence-electron chi connectivity index (χ0n) is 10.2. The highest BCUT2D eigenvalue weighted by Gasteiger charge is 2.29. The first-order valence-electron chi connectivity index (χ1n) is 6.09. The lowest BCUT2D eigenvalue weighted by atomic mass is 10.1. The number of carbonyl (C=O) groups is 2. The van der Waals surface area contributed by atoms with Crippen LogP contribution < -0.4 is 10.9 Å². The predicted molar refractivity (Wildman–Crippen MR) is 73.8 cm³/mol. The summed E-state index contributed by atoms with van der Waals surface area (Å²) in [6, 6.07) is 5.17. The van der Waals surface area contributed by atoms with Crippen LogP contribution in [0, 0.1) is 5.92 Å². The van der Waals surface area contributed by atoms with Crippen LogP contribution >= 0.6 is 23.2 Å². The van der Waals surface area contributed by atoms with Gasteiger partial charge in [0, 0.05) is 22.4 Å². The monoisotopic (exact) mass is 300 g/mol. The minimum Gasteiger partial charge on any atom is -0.273 e. The molecule has 102 valence electrons. The molecule has 0 aromatic heterocycles. The fraction of sp³-hybridized carbons (Fsp3) is 0.385.